The van der Waals surface area contributed by atoms with Crippen LogP contribution in [0.3, 0.4) is 0 Å². The van der Waals surface area contributed by atoms with Crippen LogP contribution in [0.1, 0.15) is 33.4 Å². The van der Waals surface area contributed by atoms with Gasteiger partial charge in [-0.05, 0) is 87.5 Å². The molecule has 10 aromatic rings. The first-order valence-electron chi connectivity index (χ1n) is 22.3. The molecule has 0 saturated carbocycles. The average molecular weight is 946 g/mol. The molecule has 0 aliphatic heterocycles. The molecule has 0 saturated heterocycles. The van der Waals surface area contributed by atoms with Crippen LogP contribution in [-0.2, 0) is 39.2 Å². The zero-order valence-corrected chi connectivity index (χ0v) is 40.9. The summed E-state index contributed by atoms with van der Waals surface area (Å²) in [6.45, 7) is 14.6. The van der Waals surface area contributed by atoms with E-state index in [1.54, 1.807) is 0 Å². The van der Waals surface area contributed by atoms with E-state index < -0.39 is 0 Å². The van der Waals surface area contributed by atoms with Gasteiger partial charge in [0.25, 0.3) is 0 Å². The van der Waals surface area contributed by atoms with Crippen molar-refractivity contribution in [2.24, 2.45) is 0 Å². The zero-order chi connectivity index (χ0) is 45.5. The fourth-order valence-corrected chi connectivity index (χ4v) is 8.77. The number of aromatic nitrogens is 2. The third kappa shape index (κ3) is 10.6. The summed E-state index contributed by atoms with van der Waals surface area (Å²) in [5.41, 5.74) is 12.0. The minimum atomic E-state index is 0. The van der Waals surface area contributed by atoms with Crippen molar-refractivity contribution in [3.8, 4) is 22.9 Å². The van der Waals surface area contributed by atoms with Gasteiger partial charge < -0.3 is 24.2 Å². The zero-order valence-electron chi connectivity index (χ0n) is 38.5. The molecule has 0 spiro atoms. The van der Waals surface area contributed by atoms with Crippen molar-refractivity contribution >= 4 is 43.6 Å². The van der Waals surface area contributed by atoms with Gasteiger partial charge in [0.05, 0.1) is 33.4 Å². The second-order valence-corrected chi connectivity index (χ2v) is 17.1. The molecule has 6 nitrogen and oxygen atoms in total. The quantitative estimate of drug-likeness (QED) is 0.134. The number of para-hydroxylation sites is 4. The number of rotatable bonds is 10. The van der Waals surface area contributed by atoms with E-state index in [0.717, 1.165) is 86.5 Å². The molecule has 7 heteroatoms. The molecule has 2 N–H and O–H groups in total. The summed E-state index contributed by atoms with van der Waals surface area (Å²) in [5.74, 6) is 0.612. The molecule has 0 radical (unpaired) electrons. The minimum absolute atomic E-state index is 0. The summed E-state index contributed by atoms with van der Waals surface area (Å²) in [4.78, 5) is 4.59. The first-order chi connectivity index (χ1) is 31.6. The van der Waals surface area contributed by atoms with Crippen molar-refractivity contribution in [3.05, 3.63) is 229 Å². The molecule has 0 unspecified atom stereocenters. The van der Waals surface area contributed by atoms with E-state index in [1.165, 1.54) is 21.5 Å². The molecule has 66 heavy (non-hydrogen) atoms. The predicted octanol–water partition coefficient (Wildman–Crippen LogP) is 13.3. The molecule has 0 aliphatic rings. The van der Waals surface area contributed by atoms with Gasteiger partial charge in [0, 0.05) is 53.3 Å². The van der Waals surface area contributed by atoms with Crippen molar-refractivity contribution in [3.63, 3.8) is 0 Å². The van der Waals surface area contributed by atoms with Gasteiger partial charge in [-0.1, -0.05) is 97.1 Å². The smallest absolute Gasteiger partial charge is 0.505 e. The van der Waals surface area contributed by atoms with Crippen LogP contribution >= 0.6 is 0 Å². The number of phenolic OH excluding ortho intramolecular Hbond substituents is 2. The van der Waals surface area contributed by atoms with Crippen molar-refractivity contribution in [2.75, 3.05) is 33.7 Å². The van der Waals surface area contributed by atoms with Crippen LogP contribution in [0.4, 0.5) is 0 Å². The molecule has 10 rings (SSSR count). The number of phenols is 2. The topological polar surface area (TPSA) is 56.8 Å². The van der Waals surface area contributed by atoms with Crippen LogP contribution in [0.5, 0.6) is 11.5 Å². The van der Waals surface area contributed by atoms with Gasteiger partial charge >= 0.3 is 26.2 Å². The molecule has 0 bridgehead atoms. The minimum Gasteiger partial charge on any atom is -0.505 e. The molecule has 2 aromatic heterocycles. The van der Waals surface area contributed by atoms with Crippen LogP contribution in [0.25, 0.3) is 55.0 Å². The number of aryl methyl sites for hydroxylation is 2. The average Bonchev–Trinajstić information content (AvgIpc) is 3.83. The predicted molar refractivity (Wildman–Crippen MR) is 274 cm³/mol. The molecule has 328 valence electrons. The van der Waals surface area contributed by atoms with E-state index in [9.17, 15) is 10.2 Å². The third-order valence-corrected chi connectivity index (χ3v) is 11.9. The van der Waals surface area contributed by atoms with Gasteiger partial charge in [-0.25, -0.2) is 0 Å². The van der Waals surface area contributed by atoms with Crippen molar-refractivity contribution in [2.45, 2.75) is 26.8 Å². The second-order valence-electron chi connectivity index (χ2n) is 17.1. The van der Waals surface area contributed by atoms with E-state index in [2.05, 4.69) is 182 Å². The summed E-state index contributed by atoms with van der Waals surface area (Å²) < 4.78 is 4.39. The SMILES string of the molecule is Cc1cc(CCN(CCN(C)C)Cc2cc(C)cc(-n3c4ccccc4c4ccccc43)c2O)c(O)c(-n2c3ccccc3c3ccccc32)c1.[CH2-]c1ccccc1.[CH2-]c1ccccc1.[Zr+4]. The number of hydrogen-bond donors (Lipinski definition) is 2. The summed E-state index contributed by atoms with van der Waals surface area (Å²) in [6, 6.07) is 61.8. The Morgan fingerprint density at radius 1 is 0.439 bits per heavy atom. The Bertz CT molecular complexity index is 3050. The first-order valence-corrected chi connectivity index (χ1v) is 22.3. The van der Waals surface area contributed by atoms with E-state index >= 15 is 0 Å². The van der Waals surface area contributed by atoms with Gasteiger partial charge in [0.1, 0.15) is 11.5 Å². The van der Waals surface area contributed by atoms with Crippen LogP contribution in [0.15, 0.2) is 182 Å². The fraction of sp³-hybridized carbons (Fsp3) is 0.153. The van der Waals surface area contributed by atoms with E-state index in [-0.39, 0.29) is 26.2 Å². The van der Waals surface area contributed by atoms with E-state index in [4.69, 9.17) is 0 Å². The summed E-state index contributed by atoms with van der Waals surface area (Å²) in [7, 11) is 4.18. The molecule has 0 amide bonds. The van der Waals surface area contributed by atoms with Crippen LogP contribution < -0.4 is 0 Å². The van der Waals surface area contributed by atoms with Crippen molar-refractivity contribution < 1.29 is 36.4 Å². The van der Waals surface area contributed by atoms with E-state index in [1.807, 2.05) is 60.7 Å². The molecular weight excluding hydrogens is 888 g/mol. The van der Waals surface area contributed by atoms with Crippen molar-refractivity contribution in [1.82, 2.24) is 18.9 Å². The Morgan fingerprint density at radius 3 is 1.15 bits per heavy atom. The number of fused-ring (bicyclic) bond motifs is 6. The van der Waals surface area contributed by atoms with Gasteiger partial charge in [-0.15, -0.1) is 24.3 Å². The standard InChI is InChI=1S/C45H44N4O2.2C7H7.Zr/c1-30-25-32(44(50)42(27-30)48-38-17-9-5-13-34(38)35-14-6-10-18-39(35)48)21-22-47(24-23-46(3)4)29-33-26-31(2)28-43(45(33)51)49-40-19-11-7-15-36(40)37-16-8-12-20-41(37)49;2*1-7-5-3-2-4-6-7;/h5-20,25-28,50-51H,21-24,29H2,1-4H3;2*2-6H,1H2;/q;2*-1;+4. The molecular formula is C59H58N4O2Zr+2. The summed E-state index contributed by atoms with van der Waals surface area (Å²) in [6.07, 6.45) is 0.664. The largest absolute Gasteiger partial charge is 4.00 e. The van der Waals surface area contributed by atoms with Crippen LogP contribution in [-0.4, -0.2) is 62.9 Å². The van der Waals surface area contributed by atoms with Gasteiger partial charge in [-0.3, -0.25) is 4.90 Å². The second kappa shape index (κ2) is 21.7. The van der Waals surface area contributed by atoms with Gasteiger partial charge in [0.15, 0.2) is 0 Å². The van der Waals surface area contributed by atoms with Crippen LogP contribution in [0.2, 0.25) is 0 Å². The van der Waals surface area contributed by atoms with Gasteiger partial charge in [-0.2, -0.15) is 49.2 Å². The maximum Gasteiger partial charge on any atom is 4.00 e. The molecule has 0 atom stereocenters. The normalized spacial score (nSPS) is 11.1. The Labute approximate surface area is 409 Å². The molecule has 8 aromatic carbocycles. The Balaban J connectivity index is 0.000000369. The number of hydrogen-bond acceptors (Lipinski definition) is 4. The number of likely N-dealkylation sites (N-methyl/N-ethyl adjacent to an activating group) is 1. The van der Waals surface area contributed by atoms with Gasteiger partial charge in [0.2, 0.25) is 0 Å². The summed E-state index contributed by atoms with van der Waals surface area (Å²) in [5, 5.41) is 28.6. The Morgan fingerprint density at radius 2 is 0.788 bits per heavy atom. The number of benzene rings is 8. The van der Waals surface area contributed by atoms with E-state index in [0.29, 0.717) is 24.5 Å². The maximum atomic E-state index is 12.0. The fourth-order valence-electron chi connectivity index (χ4n) is 8.77. The number of aromatic hydroxyl groups is 2. The molecule has 2 heterocycles. The van der Waals surface area contributed by atoms with Crippen molar-refractivity contribution in [1.29, 1.82) is 0 Å². The Kier molecular flexibility index (Phi) is 15.6. The summed E-state index contributed by atoms with van der Waals surface area (Å²) >= 11 is 0. The number of nitrogens with zero attached hydrogens (tertiary/aromatic N) is 4. The maximum absolute atomic E-state index is 12.0. The molecule has 0 fully saturated rings. The monoisotopic (exact) mass is 944 g/mol. The van der Waals surface area contributed by atoms with Crippen LogP contribution in [0, 0.1) is 27.7 Å². The Hall–Kier alpha value is -6.50. The molecule has 0 aliphatic carbocycles. The third-order valence-electron chi connectivity index (χ3n) is 11.9. The first kappa shape index (κ1) is 47.5.